The maximum Gasteiger partial charge on any atom is 0.435 e. The zero-order valence-corrected chi connectivity index (χ0v) is 13.8. The van der Waals surface area contributed by atoms with E-state index in [4.69, 9.17) is 0 Å². The van der Waals surface area contributed by atoms with Gasteiger partial charge in [-0.3, -0.25) is 8.89 Å². The van der Waals surface area contributed by atoms with Gasteiger partial charge in [0, 0.05) is 53.3 Å². The molecule has 0 amide bonds. The predicted molar refractivity (Wildman–Crippen MR) is 82.2 cm³/mol. The van der Waals surface area contributed by atoms with Crippen molar-refractivity contribution in [2.24, 2.45) is 7.05 Å². The van der Waals surface area contributed by atoms with Crippen molar-refractivity contribution in [1.29, 1.82) is 0 Å². The van der Waals surface area contributed by atoms with Gasteiger partial charge in [0.25, 0.3) is 0 Å². The van der Waals surface area contributed by atoms with Gasteiger partial charge in [-0.2, -0.15) is 18.3 Å². The predicted octanol–water partition coefficient (Wildman–Crippen LogP) is 3.03. The van der Waals surface area contributed by atoms with E-state index in [-0.39, 0.29) is 18.2 Å². The third-order valence-electron chi connectivity index (χ3n) is 3.48. The Morgan fingerprint density at radius 1 is 1.30 bits per heavy atom. The largest absolute Gasteiger partial charge is 0.435 e. The van der Waals surface area contributed by atoms with E-state index in [1.54, 1.807) is 18.4 Å². The molecule has 23 heavy (non-hydrogen) atoms. The highest BCUT2D eigenvalue weighted by molar-refractivity contribution is 7.84. The first-order valence-electron chi connectivity index (χ1n) is 6.95. The molecule has 0 aliphatic carbocycles. The number of hydrogen-bond donors (Lipinski definition) is 1. The standard InChI is InChI=1S/C15H18F3N3OS/c1-10(11-4-6-13(7-5-11)23(3)22)19-8-12-9-21(2)20-14(12)15(16,17)18/h4-7,9-10,19H,8H2,1-3H3/t10-,23-/m1/s1. The van der Waals surface area contributed by atoms with E-state index >= 15 is 0 Å². The molecular weight excluding hydrogens is 327 g/mol. The van der Waals surface area contributed by atoms with Crippen molar-refractivity contribution in [3.05, 3.63) is 47.3 Å². The minimum absolute atomic E-state index is 0.0608. The van der Waals surface area contributed by atoms with E-state index in [1.165, 1.54) is 13.2 Å². The number of hydrogen-bond acceptors (Lipinski definition) is 3. The monoisotopic (exact) mass is 345 g/mol. The summed E-state index contributed by atoms with van der Waals surface area (Å²) in [4.78, 5) is 0.715. The second kappa shape index (κ2) is 6.84. The molecule has 4 nitrogen and oxygen atoms in total. The summed E-state index contributed by atoms with van der Waals surface area (Å²) in [6, 6.07) is 7.02. The Morgan fingerprint density at radius 3 is 2.43 bits per heavy atom. The molecule has 0 radical (unpaired) electrons. The number of nitrogens with one attached hydrogen (secondary N) is 1. The van der Waals surface area contributed by atoms with E-state index in [1.807, 2.05) is 19.1 Å². The lowest BCUT2D eigenvalue weighted by molar-refractivity contribution is -0.142. The summed E-state index contributed by atoms with van der Waals surface area (Å²) in [7, 11) is 0.413. The first-order valence-corrected chi connectivity index (χ1v) is 8.50. The SMILES string of the molecule is C[C@@H](NCc1cn(C)nc1C(F)(F)F)c1ccc([S@@](C)=O)cc1. The zero-order chi connectivity index (χ0) is 17.2. The van der Waals surface area contributed by atoms with Crippen LogP contribution in [0.2, 0.25) is 0 Å². The zero-order valence-electron chi connectivity index (χ0n) is 13.0. The van der Waals surface area contributed by atoms with Crippen molar-refractivity contribution in [3.63, 3.8) is 0 Å². The normalized spacial score (nSPS) is 14.7. The topological polar surface area (TPSA) is 46.9 Å². The maximum atomic E-state index is 12.9. The van der Waals surface area contributed by atoms with Crippen molar-refractivity contribution in [2.45, 2.75) is 30.6 Å². The molecule has 0 unspecified atom stereocenters. The van der Waals surface area contributed by atoms with Gasteiger partial charge in [0.1, 0.15) is 0 Å². The Labute approximate surface area is 135 Å². The van der Waals surface area contributed by atoms with Gasteiger partial charge in [0.05, 0.1) is 0 Å². The van der Waals surface area contributed by atoms with Gasteiger partial charge in [-0.1, -0.05) is 12.1 Å². The maximum absolute atomic E-state index is 12.9. The Kier molecular flexibility index (Phi) is 5.26. The smallest absolute Gasteiger partial charge is 0.306 e. The fourth-order valence-electron chi connectivity index (χ4n) is 2.23. The highest BCUT2D eigenvalue weighted by Gasteiger charge is 2.36. The van der Waals surface area contributed by atoms with Gasteiger partial charge in [0.2, 0.25) is 0 Å². The first-order chi connectivity index (χ1) is 10.7. The third kappa shape index (κ3) is 4.42. The van der Waals surface area contributed by atoms with Gasteiger partial charge in [-0.05, 0) is 24.6 Å². The fourth-order valence-corrected chi connectivity index (χ4v) is 2.75. The molecule has 0 bridgehead atoms. The minimum atomic E-state index is -4.46. The highest BCUT2D eigenvalue weighted by atomic mass is 32.2. The van der Waals surface area contributed by atoms with Gasteiger partial charge >= 0.3 is 6.18 Å². The van der Waals surface area contributed by atoms with Gasteiger partial charge in [-0.15, -0.1) is 0 Å². The summed E-state index contributed by atoms with van der Waals surface area (Å²) in [5.41, 5.74) is 0.159. The van der Waals surface area contributed by atoms with Crippen LogP contribution >= 0.6 is 0 Å². The summed E-state index contributed by atoms with van der Waals surface area (Å²) in [6.45, 7) is 1.92. The van der Waals surface area contributed by atoms with Gasteiger partial charge in [-0.25, -0.2) is 0 Å². The number of halogens is 3. The van der Waals surface area contributed by atoms with E-state index in [0.717, 1.165) is 10.2 Å². The second-order valence-electron chi connectivity index (χ2n) is 5.30. The molecule has 1 aromatic carbocycles. The Hall–Kier alpha value is -1.67. The molecule has 1 heterocycles. The van der Waals surface area contributed by atoms with Crippen LogP contribution in [0.15, 0.2) is 35.4 Å². The van der Waals surface area contributed by atoms with E-state index in [2.05, 4.69) is 10.4 Å². The lowest BCUT2D eigenvalue weighted by atomic mass is 10.1. The minimum Gasteiger partial charge on any atom is -0.306 e. The van der Waals surface area contributed by atoms with Crippen LogP contribution in [0.25, 0.3) is 0 Å². The summed E-state index contributed by atoms with van der Waals surface area (Å²) >= 11 is 0. The number of benzene rings is 1. The molecule has 0 aliphatic rings. The van der Waals surface area contributed by atoms with Crippen LogP contribution in [0, 0.1) is 0 Å². The third-order valence-corrected chi connectivity index (χ3v) is 4.42. The molecule has 126 valence electrons. The van der Waals surface area contributed by atoms with Gasteiger partial charge < -0.3 is 5.32 Å². The quantitative estimate of drug-likeness (QED) is 0.906. The lowest BCUT2D eigenvalue weighted by Gasteiger charge is -2.15. The van der Waals surface area contributed by atoms with Crippen LogP contribution in [0.4, 0.5) is 13.2 Å². The second-order valence-corrected chi connectivity index (χ2v) is 6.68. The number of alkyl halides is 3. The molecule has 2 atom stereocenters. The molecule has 0 spiro atoms. The summed E-state index contributed by atoms with van der Waals surface area (Å²) in [5, 5.41) is 6.54. The number of aromatic nitrogens is 2. The molecule has 0 fully saturated rings. The molecular formula is C15H18F3N3OS. The van der Waals surface area contributed by atoms with Crippen LogP contribution in [-0.4, -0.2) is 20.2 Å². The van der Waals surface area contributed by atoms with Crippen LogP contribution < -0.4 is 5.32 Å². The first kappa shape index (κ1) is 17.7. The molecule has 2 rings (SSSR count). The van der Waals surface area contributed by atoms with E-state index < -0.39 is 22.7 Å². The van der Waals surface area contributed by atoms with Crippen LogP contribution in [-0.2, 0) is 30.6 Å². The van der Waals surface area contributed by atoms with Crippen LogP contribution in [0.1, 0.15) is 29.8 Å². The Bertz CT molecular complexity index is 695. The van der Waals surface area contributed by atoms with Crippen LogP contribution in [0.3, 0.4) is 0 Å². The van der Waals surface area contributed by atoms with Crippen molar-refractivity contribution in [3.8, 4) is 0 Å². The van der Waals surface area contributed by atoms with Crippen molar-refractivity contribution in [2.75, 3.05) is 6.26 Å². The van der Waals surface area contributed by atoms with Crippen molar-refractivity contribution < 1.29 is 17.4 Å². The fraction of sp³-hybridized carbons (Fsp3) is 0.400. The number of rotatable bonds is 5. The van der Waals surface area contributed by atoms with Crippen molar-refractivity contribution in [1.82, 2.24) is 15.1 Å². The molecule has 8 heteroatoms. The average molecular weight is 345 g/mol. The molecule has 1 N–H and O–H groups in total. The summed E-state index contributed by atoms with van der Waals surface area (Å²) in [5.74, 6) is 0. The Morgan fingerprint density at radius 2 is 1.91 bits per heavy atom. The molecule has 0 saturated heterocycles. The van der Waals surface area contributed by atoms with Gasteiger partial charge in [0.15, 0.2) is 5.69 Å². The average Bonchev–Trinajstić information content (AvgIpc) is 2.86. The summed E-state index contributed by atoms with van der Waals surface area (Å²) in [6.07, 6.45) is -1.50. The van der Waals surface area contributed by atoms with Crippen LogP contribution in [0.5, 0.6) is 0 Å². The van der Waals surface area contributed by atoms with E-state index in [9.17, 15) is 17.4 Å². The van der Waals surface area contributed by atoms with Crippen molar-refractivity contribution >= 4 is 10.8 Å². The highest BCUT2D eigenvalue weighted by Crippen LogP contribution is 2.30. The summed E-state index contributed by atoms with van der Waals surface area (Å²) < 4.78 is 51.2. The number of nitrogens with zero attached hydrogens (tertiary/aromatic N) is 2. The Balaban J connectivity index is 2.07. The lowest BCUT2D eigenvalue weighted by Crippen LogP contribution is -2.20. The van der Waals surface area contributed by atoms with E-state index in [0.29, 0.717) is 4.90 Å². The molecule has 2 aromatic rings. The molecule has 1 aromatic heterocycles. The molecule has 0 saturated carbocycles. The molecule has 0 aliphatic heterocycles. The number of aryl methyl sites for hydroxylation is 1.